The fraction of sp³-hybridized carbons (Fsp3) is 0.136. The number of methoxy groups -OCH3 is 1. The molecule has 0 saturated carbocycles. The molecule has 0 fully saturated rings. The van der Waals surface area contributed by atoms with Crippen LogP contribution in [0, 0.1) is 12.7 Å². The Labute approximate surface area is 162 Å². The summed E-state index contributed by atoms with van der Waals surface area (Å²) in [7, 11) is 1.63. The molecule has 0 saturated heterocycles. The number of nitrogens with one attached hydrogen (secondary N) is 1. The highest BCUT2D eigenvalue weighted by atomic mass is 19.1. The molecule has 0 spiro atoms. The third kappa shape index (κ3) is 4.06. The van der Waals surface area contributed by atoms with E-state index in [2.05, 4.69) is 15.3 Å². The molecule has 5 nitrogen and oxygen atoms in total. The van der Waals surface area contributed by atoms with Crippen LogP contribution in [-0.4, -0.2) is 23.0 Å². The molecule has 0 aliphatic carbocycles. The molecule has 2 aromatic heterocycles. The Hall–Kier alpha value is -3.54. The molecule has 1 amide bonds. The van der Waals surface area contributed by atoms with Crippen LogP contribution >= 0.6 is 0 Å². The molecule has 1 aromatic carbocycles. The molecule has 0 bridgehead atoms. The van der Waals surface area contributed by atoms with E-state index in [9.17, 15) is 9.18 Å². The average Bonchev–Trinajstić information content (AvgIpc) is 2.72. The lowest BCUT2D eigenvalue weighted by Crippen LogP contribution is -2.15. The van der Waals surface area contributed by atoms with E-state index in [-0.39, 0.29) is 11.1 Å². The lowest BCUT2D eigenvalue weighted by molar-refractivity contribution is 0.102. The number of anilines is 1. The number of hydrogen-bond acceptors (Lipinski definition) is 4. The summed E-state index contributed by atoms with van der Waals surface area (Å²) in [5, 5.41) is 2.67. The van der Waals surface area contributed by atoms with Gasteiger partial charge < -0.3 is 10.1 Å². The summed E-state index contributed by atoms with van der Waals surface area (Å²) in [5.41, 5.74) is 3.38. The van der Waals surface area contributed by atoms with Crippen molar-refractivity contribution in [3.05, 3.63) is 89.1 Å². The molecule has 3 aromatic rings. The second kappa shape index (κ2) is 8.43. The molecule has 0 atom stereocenters. The van der Waals surface area contributed by atoms with Crippen molar-refractivity contribution in [2.24, 2.45) is 0 Å². The minimum Gasteiger partial charge on any atom is -0.497 e. The average molecular weight is 377 g/mol. The van der Waals surface area contributed by atoms with Gasteiger partial charge >= 0.3 is 0 Å². The SMILES string of the molecule is C/C=C(/c1ccc(OC)cc1)c1ccc(NC(=O)c2cncc(F)c2C)nc1. The second-order valence-corrected chi connectivity index (χ2v) is 6.11. The van der Waals surface area contributed by atoms with Crippen LogP contribution in [0.25, 0.3) is 5.57 Å². The van der Waals surface area contributed by atoms with E-state index < -0.39 is 11.7 Å². The maximum absolute atomic E-state index is 13.6. The van der Waals surface area contributed by atoms with Crippen LogP contribution in [0.1, 0.15) is 34.0 Å². The summed E-state index contributed by atoms with van der Waals surface area (Å²) < 4.78 is 18.8. The van der Waals surface area contributed by atoms with Crippen molar-refractivity contribution < 1.29 is 13.9 Å². The van der Waals surface area contributed by atoms with Gasteiger partial charge in [0.15, 0.2) is 0 Å². The fourth-order valence-corrected chi connectivity index (χ4v) is 2.81. The number of pyridine rings is 2. The zero-order chi connectivity index (χ0) is 20.1. The van der Waals surface area contributed by atoms with E-state index in [1.165, 1.54) is 13.1 Å². The molecule has 0 aliphatic rings. The van der Waals surface area contributed by atoms with Crippen molar-refractivity contribution in [1.82, 2.24) is 9.97 Å². The van der Waals surface area contributed by atoms with Gasteiger partial charge in [-0.25, -0.2) is 9.37 Å². The first-order valence-electron chi connectivity index (χ1n) is 8.72. The van der Waals surface area contributed by atoms with E-state index in [1.807, 2.05) is 43.3 Å². The molecular formula is C22H20FN3O2. The molecule has 28 heavy (non-hydrogen) atoms. The first-order chi connectivity index (χ1) is 13.5. The van der Waals surface area contributed by atoms with Crippen LogP contribution in [0.5, 0.6) is 5.75 Å². The van der Waals surface area contributed by atoms with Crippen LogP contribution in [0.15, 0.2) is 61.1 Å². The molecule has 0 aliphatic heterocycles. The van der Waals surface area contributed by atoms with Crippen molar-refractivity contribution >= 4 is 17.3 Å². The second-order valence-electron chi connectivity index (χ2n) is 6.11. The van der Waals surface area contributed by atoms with Gasteiger partial charge in [-0.3, -0.25) is 9.78 Å². The molecule has 142 valence electrons. The Balaban J connectivity index is 1.78. The van der Waals surface area contributed by atoms with Crippen molar-refractivity contribution in [1.29, 1.82) is 0 Å². The van der Waals surface area contributed by atoms with Crippen molar-refractivity contribution in [3.63, 3.8) is 0 Å². The molecule has 1 N–H and O–H groups in total. The number of carbonyl (C=O) groups excluding carboxylic acids is 1. The lowest BCUT2D eigenvalue weighted by atomic mass is 9.99. The van der Waals surface area contributed by atoms with Gasteiger partial charge in [0.25, 0.3) is 5.91 Å². The summed E-state index contributed by atoms with van der Waals surface area (Å²) in [4.78, 5) is 20.4. The summed E-state index contributed by atoms with van der Waals surface area (Å²) in [6.07, 6.45) is 6.10. The summed E-state index contributed by atoms with van der Waals surface area (Å²) in [5.74, 6) is 0.194. The minimum absolute atomic E-state index is 0.179. The zero-order valence-electron chi connectivity index (χ0n) is 15.9. The highest BCUT2D eigenvalue weighted by Gasteiger charge is 2.13. The number of ether oxygens (including phenoxy) is 1. The molecular weight excluding hydrogens is 357 g/mol. The van der Waals surface area contributed by atoms with E-state index in [4.69, 9.17) is 4.74 Å². The lowest BCUT2D eigenvalue weighted by Gasteiger charge is -2.10. The molecule has 3 rings (SSSR count). The van der Waals surface area contributed by atoms with Crippen molar-refractivity contribution in [3.8, 4) is 5.75 Å². The monoisotopic (exact) mass is 377 g/mol. The Morgan fingerprint density at radius 2 is 1.79 bits per heavy atom. The number of halogens is 1. The van der Waals surface area contributed by atoms with Gasteiger partial charge in [-0.15, -0.1) is 0 Å². The number of benzene rings is 1. The normalized spacial score (nSPS) is 11.2. The maximum atomic E-state index is 13.6. The third-order valence-corrected chi connectivity index (χ3v) is 4.40. The van der Waals surface area contributed by atoms with Crippen molar-refractivity contribution in [2.75, 3.05) is 12.4 Å². The summed E-state index contributed by atoms with van der Waals surface area (Å²) in [6, 6.07) is 11.3. The molecule has 0 radical (unpaired) electrons. The third-order valence-electron chi connectivity index (χ3n) is 4.40. The Morgan fingerprint density at radius 3 is 2.39 bits per heavy atom. The highest BCUT2D eigenvalue weighted by molar-refractivity contribution is 6.04. The van der Waals surface area contributed by atoms with Crippen LogP contribution in [0.3, 0.4) is 0 Å². The van der Waals surface area contributed by atoms with E-state index in [1.54, 1.807) is 19.4 Å². The van der Waals surface area contributed by atoms with Crippen LogP contribution in [0.2, 0.25) is 0 Å². The first-order valence-corrected chi connectivity index (χ1v) is 8.72. The topological polar surface area (TPSA) is 64.1 Å². The maximum Gasteiger partial charge on any atom is 0.258 e. The molecule has 2 heterocycles. The van der Waals surface area contributed by atoms with Crippen LogP contribution in [0.4, 0.5) is 10.2 Å². The highest BCUT2D eigenvalue weighted by Crippen LogP contribution is 2.25. The number of allylic oxidation sites excluding steroid dienone is 1. The number of carbonyl (C=O) groups is 1. The van der Waals surface area contributed by atoms with Gasteiger partial charge in [0.2, 0.25) is 0 Å². The number of hydrogen-bond donors (Lipinski definition) is 1. The fourth-order valence-electron chi connectivity index (χ4n) is 2.81. The Bertz CT molecular complexity index is 1010. The van der Waals surface area contributed by atoms with Crippen LogP contribution in [-0.2, 0) is 0 Å². The van der Waals surface area contributed by atoms with Crippen molar-refractivity contribution in [2.45, 2.75) is 13.8 Å². The van der Waals surface area contributed by atoms with E-state index in [0.29, 0.717) is 5.82 Å². The Kier molecular flexibility index (Phi) is 5.79. The van der Waals surface area contributed by atoms with Gasteiger partial charge in [0.1, 0.15) is 17.4 Å². The first kappa shape index (κ1) is 19.2. The number of nitrogens with zero attached hydrogens (tertiary/aromatic N) is 2. The Morgan fingerprint density at radius 1 is 1.07 bits per heavy atom. The zero-order valence-corrected chi connectivity index (χ0v) is 15.9. The van der Waals surface area contributed by atoms with Gasteiger partial charge in [0, 0.05) is 23.5 Å². The van der Waals surface area contributed by atoms with Crippen LogP contribution < -0.4 is 10.1 Å². The predicted molar refractivity (Wildman–Crippen MR) is 107 cm³/mol. The summed E-state index contributed by atoms with van der Waals surface area (Å²) in [6.45, 7) is 3.49. The summed E-state index contributed by atoms with van der Waals surface area (Å²) >= 11 is 0. The number of aromatic nitrogens is 2. The van der Waals surface area contributed by atoms with Gasteiger partial charge in [0.05, 0.1) is 18.9 Å². The molecule has 6 heteroatoms. The standard InChI is InChI=1S/C22H20FN3O2/c1-4-18(15-5-8-17(28-3)9-6-15)16-7-10-21(25-11-16)26-22(27)19-12-24-13-20(23)14(19)2/h4-13H,1-3H3,(H,25,26,27)/b18-4-. The smallest absolute Gasteiger partial charge is 0.258 e. The van der Waals surface area contributed by atoms with E-state index >= 15 is 0 Å². The quantitative estimate of drug-likeness (QED) is 0.704. The van der Waals surface area contributed by atoms with Gasteiger partial charge in [-0.2, -0.15) is 0 Å². The van der Waals surface area contributed by atoms with E-state index in [0.717, 1.165) is 28.6 Å². The minimum atomic E-state index is -0.520. The van der Waals surface area contributed by atoms with Gasteiger partial charge in [-0.1, -0.05) is 18.2 Å². The number of rotatable bonds is 5. The predicted octanol–water partition coefficient (Wildman–Crippen LogP) is 4.64. The van der Waals surface area contributed by atoms with Gasteiger partial charge in [-0.05, 0) is 49.2 Å². The molecule has 0 unspecified atom stereocenters. The number of amides is 1. The largest absolute Gasteiger partial charge is 0.497 e.